The maximum absolute atomic E-state index is 13.2. The molecule has 5 nitrogen and oxygen atoms in total. The molecule has 7 heteroatoms. The van der Waals surface area contributed by atoms with E-state index in [1.165, 1.54) is 0 Å². The maximum Gasteiger partial charge on any atom is 0.328 e. The summed E-state index contributed by atoms with van der Waals surface area (Å²) in [5.41, 5.74) is -0.544. The average Bonchev–Trinajstić information content (AvgIpc) is 2.53. The van der Waals surface area contributed by atoms with Gasteiger partial charge in [0.05, 0.1) is 18.4 Å². The van der Waals surface area contributed by atoms with Crippen molar-refractivity contribution in [2.75, 3.05) is 0 Å². The zero-order chi connectivity index (χ0) is 11.9. The minimum Gasteiger partial charge on any atom is -0.390 e. The summed E-state index contributed by atoms with van der Waals surface area (Å²) in [5.74, 6) is -0.688. The second kappa shape index (κ2) is 4.08. The Labute approximate surface area is 95.5 Å². The van der Waals surface area contributed by atoms with Gasteiger partial charge in [-0.05, 0) is 6.92 Å². The van der Waals surface area contributed by atoms with Crippen LogP contribution in [0.5, 0.6) is 0 Å². The van der Waals surface area contributed by atoms with Crippen molar-refractivity contribution in [1.82, 2.24) is 9.55 Å². The average molecular weight is 246 g/mol. The Balaban J connectivity index is 2.39. The summed E-state index contributed by atoms with van der Waals surface area (Å²) in [7, 11) is 0. The van der Waals surface area contributed by atoms with Crippen LogP contribution in [0.1, 0.15) is 19.6 Å². The highest BCUT2D eigenvalue weighted by atomic mass is 32.1. The molecule has 1 aromatic rings. The van der Waals surface area contributed by atoms with Gasteiger partial charge in [-0.25, -0.2) is 9.18 Å². The number of H-pyrrole nitrogens is 1. The second-order valence-electron chi connectivity index (χ2n) is 3.74. The molecular weight excluding hydrogens is 235 g/mol. The molecule has 0 saturated carbocycles. The van der Waals surface area contributed by atoms with E-state index in [1.807, 2.05) is 0 Å². The monoisotopic (exact) mass is 246 g/mol. The number of rotatable bonds is 1. The second-order valence-corrected chi connectivity index (χ2v) is 4.15. The number of hydrogen-bond donors (Lipinski definition) is 2. The quantitative estimate of drug-likeness (QED) is 0.716. The van der Waals surface area contributed by atoms with Gasteiger partial charge in [0.25, 0.3) is 0 Å². The summed E-state index contributed by atoms with van der Waals surface area (Å²) in [4.78, 5) is 13.7. The van der Waals surface area contributed by atoms with Gasteiger partial charge in [-0.3, -0.25) is 9.55 Å². The maximum atomic E-state index is 13.2. The molecule has 16 heavy (non-hydrogen) atoms. The molecule has 3 atom stereocenters. The smallest absolute Gasteiger partial charge is 0.328 e. The molecule has 1 aromatic heterocycles. The summed E-state index contributed by atoms with van der Waals surface area (Å²) in [6.45, 7) is 1.69. The van der Waals surface area contributed by atoms with E-state index < -0.39 is 23.8 Å². The molecule has 1 fully saturated rings. The van der Waals surface area contributed by atoms with Crippen LogP contribution in [-0.2, 0) is 4.74 Å². The first kappa shape index (κ1) is 11.4. The molecule has 0 amide bonds. The van der Waals surface area contributed by atoms with Crippen molar-refractivity contribution in [2.24, 2.45) is 0 Å². The van der Waals surface area contributed by atoms with E-state index in [1.54, 1.807) is 6.92 Å². The molecule has 1 saturated heterocycles. The number of ether oxygens (including phenoxy) is 1. The van der Waals surface area contributed by atoms with Crippen LogP contribution in [0.4, 0.5) is 4.39 Å². The van der Waals surface area contributed by atoms with Crippen LogP contribution >= 0.6 is 12.2 Å². The van der Waals surface area contributed by atoms with Gasteiger partial charge in [-0.1, -0.05) is 12.2 Å². The fraction of sp³-hybridized carbons (Fsp3) is 0.556. The molecule has 0 bridgehead atoms. The Morgan fingerprint density at radius 2 is 2.44 bits per heavy atom. The zero-order valence-corrected chi connectivity index (χ0v) is 9.33. The third kappa shape index (κ3) is 1.93. The molecule has 0 spiro atoms. The van der Waals surface area contributed by atoms with Crippen molar-refractivity contribution < 1.29 is 14.2 Å². The molecular formula is C9H11FN2O3S. The Bertz CT molecular complexity index is 502. The fourth-order valence-electron chi connectivity index (χ4n) is 1.65. The van der Waals surface area contributed by atoms with Gasteiger partial charge in [0.1, 0.15) is 10.9 Å². The standard InChI is InChI=1S/C9H11FN2O3S/c1-4-6(13)2-7(15-4)12-3-5(10)8(16)11-9(12)14/h3-4,6-7,13H,2H2,1H3,(H,11,14,16)/t4-,6+,7-/m1/s1. The van der Waals surface area contributed by atoms with Crippen LogP contribution in [0.15, 0.2) is 11.0 Å². The molecule has 1 aliphatic rings. The fourth-order valence-corrected chi connectivity index (χ4v) is 1.79. The molecule has 1 aliphatic heterocycles. The van der Waals surface area contributed by atoms with E-state index in [9.17, 15) is 14.3 Å². The molecule has 0 radical (unpaired) electrons. The molecule has 2 rings (SSSR count). The number of halogens is 1. The van der Waals surface area contributed by atoms with E-state index in [0.717, 1.165) is 10.8 Å². The van der Waals surface area contributed by atoms with Crippen molar-refractivity contribution >= 4 is 12.2 Å². The van der Waals surface area contributed by atoms with E-state index in [0.29, 0.717) is 0 Å². The number of nitrogens with one attached hydrogen (secondary N) is 1. The van der Waals surface area contributed by atoms with Crippen LogP contribution in [0, 0.1) is 10.5 Å². The van der Waals surface area contributed by atoms with Crippen molar-refractivity contribution in [2.45, 2.75) is 31.8 Å². The third-order valence-corrected chi connectivity index (χ3v) is 2.89. The summed E-state index contributed by atoms with van der Waals surface area (Å²) in [5, 5.41) is 9.48. The van der Waals surface area contributed by atoms with E-state index in [2.05, 4.69) is 17.2 Å². The minimum atomic E-state index is -0.688. The minimum absolute atomic E-state index is 0.229. The van der Waals surface area contributed by atoms with Gasteiger partial charge >= 0.3 is 5.69 Å². The van der Waals surface area contributed by atoms with Crippen molar-refractivity contribution in [3.63, 3.8) is 0 Å². The van der Waals surface area contributed by atoms with Crippen LogP contribution in [0.25, 0.3) is 0 Å². The highest BCUT2D eigenvalue weighted by molar-refractivity contribution is 7.71. The summed E-state index contributed by atoms with van der Waals surface area (Å²) in [6.07, 6.45) is -0.424. The van der Waals surface area contributed by atoms with Gasteiger partial charge in [0, 0.05) is 6.42 Å². The molecule has 0 unspecified atom stereocenters. The lowest BCUT2D eigenvalue weighted by Gasteiger charge is -2.13. The molecule has 0 aromatic carbocycles. The number of aromatic amines is 1. The number of nitrogens with zero attached hydrogens (tertiary/aromatic N) is 1. The lowest BCUT2D eigenvalue weighted by Crippen LogP contribution is -2.27. The van der Waals surface area contributed by atoms with Gasteiger partial charge in [-0.15, -0.1) is 0 Å². The van der Waals surface area contributed by atoms with Crippen molar-refractivity contribution in [1.29, 1.82) is 0 Å². The molecule has 2 N–H and O–H groups in total. The Morgan fingerprint density at radius 1 is 1.75 bits per heavy atom. The number of aromatic nitrogens is 2. The van der Waals surface area contributed by atoms with Gasteiger partial charge < -0.3 is 9.84 Å². The third-order valence-electron chi connectivity index (χ3n) is 2.59. The largest absolute Gasteiger partial charge is 0.390 e. The first-order chi connectivity index (χ1) is 7.49. The highest BCUT2D eigenvalue weighted by Gasteiger charge is 2.32. The molecule has 2 heterocycles. The summed E-state index contributed by atoms with van der Waals surface area (Å²) < 4.78 is 19.4. The molecule has 0 aliphatic carbocycles. The Morgan fingerprint density at radius 3 is 3.00 bits per heavy atom. The van der Waals surface area contributed by atoms with Crippen LogP contribution in [0.3, 0.4) is 0 Å². The van der Waals surface area contributed by atoms with Crippen molar-refractivity contribution in [3.8, 4) is 0 Å². The predicted molar refractivity (Wildman–Crippen MR) is 56.1 cm³/mol. The van der Waals surface area contributed by atoms with Gasteiger partial charge in [0.2, 0.25) is 0 Å². The summed E-state index contributed by atoms with van der Waals surface area (Å²) in [6, 6.07) is 0. The molecule has 88 valence electrons. The predicted octanol–water partition coefficient (Wildman–Crippen LogP) is 0.713. The topological polar surface area (TPSA) is 67.2 Å². The first-order valence-electron chi connectivity index (χ1n) is 4.83. The van der Waals surface area contributed by atoms with E-state index >= 15 is 0 Å². The SMILES string of the molecule is C[C@H]1O[C@@H](n2cc(F)c(=S)[nH]c2=O)C[C@@H]1O. The van der Waals surface area contributed by atoms with E-state index in [4.69, 9.17) is 4.74 Å². The Kier molecular flexibility index (Phi) is 2.92. The Hall–Kier alpha value is -1.05. The van der Waals surface area contributed by atoms with Gasteiger partial charge in [-0.2, -0.15) is 0 Å². The normalized spacial score (nSPS) is 29.6. The van der Waals surface area contributed by atoms with Crippen LogP contribution < -0.4 is 5.69 Å². The number of aliphatic hydroxyl groups excluding tert-OH is 1. The van der Waals surface area contributed by atoms with Crippen molar-refractivity contribution in [3.05, 3.63) is 27.1 Å². The zero-order valence-electron chi connectivity index (χ0n) is 8.51. The highest BCUT2D eigenvalue weighted by Crippen LogP contribution is 2.27. The van der Waals surface area contributed by atoms with Crippen LogP contribution in [-0.4, -0.2) is 26.9 Å². The number of hydrogen-bond acceptors (Lipinski definition) is 4. The lowest BCUT2D eigenvalue weighted by molar-refractivity contribution is -0.0105. The van der Waals surface area contributed by atoms with E-state index in [-0.39, 0.29) is 17.2 Å². The first-order valence-corrected chi connectivity index (χ1v) is 5.24. The summed E-state index contributed by atoms with van der Waals surface area (Å²) >= 11 is 4.59. The lowest BCUT2D eigenvalue weighted by atomic mass is 10.2. The van der Waals surface area contributed by atoms with Gasteiger partial charge in [0.15, 0.2) is 5.82 Å². The number of aliphatic hydroxyl groups is 1. The van der Waals surface area contributed by atoms with Crippen LogP contribution in [0.2, 0.25) is 0 Å².